The Kier molecular flexibility index (Phi) is 8.29. The van der Waals surface area contributed by atoms with E-state index >= 15 is 0 Å². The second kappa shape index (κ2) is 9.99. The Labute approximate surface area is 156 Å². The summed E-state index contributed by atoms with van der Waals surface area (Å²) < 4.78 is 23.3. The molecule has 2 rings (SSSR count). The third-order valence-corrected chi connectivity index (χ3v) is 4.84. The molecule has 0 aromatic carbocycles. The molecule has 26 heavy (non-hydrogen) atoms. The lowest BCUT2D eigenvalue weighted by Gasteiger charge is -2.49. The normalized spacial score (nSPS) is 33.5. The first-order valence-electron chi connectivity index (χ1n) is 9.88. The zero-order chi connectivity index (χ0) is 19.2. The molecule has 2 fully saturated rings. The topological polar surface area (TPSA) is 86.2 Å². The van der Waals surface area contributed by atoms with E-state index in [1.165, 1.54) is 32.6 Å². The van der Waals surface area contributed by atoms with Gasteiger partial charge in [-0.1, -0.05) is 39.0 Å². The van der Waals surface area contributed by atoms with E-state index in [-0.39, 0.29) is 5.91 Å². The van der Waals surface area contributed by atoms with Crippen molar-refractivity contribution in [2.75, 3.05) is 13.2 Å². The molecule has 7 heteroatoms. The number of amides is 1. The molecule has 2 aliphatic heterocycles. The Bertz CT molecular complexity index is 444. The molecule has 2 N–H and O–H groups in total. The highest BCUT2D eigenvalue weighted by molar-refractivity contribution is 5.73. The van der Waals surface area contributed by atoms with Gasteiger partial charge in [0.2, 0.25) is 5.91 Å². The summed E-state index contributed by atoms with van der Waals surface area (Å²) >= 11 is 0. The van der Waals surface area contributed by atoms with Gasteiger partial charge in [0.05, 0.1) is 6.61 Å². The van der Waals surface area contributed by atoms with E-state index in [2.05, 4.69) is 12.2 Å². The zero-order valence-corrected chi connectivity index (χ0v) is 16.5. The summed E-state index contributed by atoms with van der Waals surface area (Å²) in [5.41, 5.74) is 0. The van der Waals surface area contributed by atoms with Gasteiger partial charge >= 0.3 is 0 Å². The molecule has 0 saturated carbocycles. The van der Waals surface area contributed by atoms with Gasteiger partial charge in [-0.25, -0.2) is 0 Å². The van der Waals surface area contributed by atoms with Crippen molar-refractivity contribution >= 4 is 5.91 Å². The lowest BCUT2D eigenvalue weighted by atomic mass is 9.95. The first-order chi connectivity index (χ1) is 12.3. The van der Waals surface area contributed by atoms with Gasteiger partial charge in [0.15, 0.2) is 12.1 Å². The van der Waals surface area contributed by atoms with Crippen LogP contribution in [0, 0.1) is 0 Å². The van der Waals surface area contributed by atoms with Gasteiger partial charge in [0.25, 0.3) is 0 Å². The summed E-state index contributed by atoms with van der Waals surface area (Å²) in [6, 6.07) is -0.664. The number of fused-ring (bicyclic) bond motifs is 1. The minimum atomic E-state index is -0.921. The Morgan fingerprint density at radius 2 is 1.92 bits per heavy atom. The molecule has 0 aromatic rings. The summed E-state index contributed by atoms with van der Waals surface area (Å²) in [5, 5.41) is 13.5. The summed E-state index contributed by atoms with van der Waals surface area (Å²) in [7, 11) is 0. The lowest BCUT2D eigenvalue weighted by Crippen LogP contribution is -2.68. The number of carbonyl (C=O) groups excluding carboxylic acids is 1. The summed E-state index contributed by atoms with van der Waals surface area (Å²) in [4.78, 5) is 11.6. The summed E-state index contributed by atoms with van der Waals surface area (Å²) in [6.07, 6.45) is 4.36. The molecule has 0 spiro atoms. The maximum absolute atomic E-state index is 11.6. The highest BCUT2D eigenvalue weighted by Crippen LogP contribution is 2.32. The van der Waals surface area contributed by atoms with Crippen LogP contribution in [-0.4, -0.2) is 60.7 Å². The highest BCUT2D eigenvalue weighted by Gasteiger charge is 2.51. The second-order valence-corrected chi connectivity index (χ2v) is 7.69. The van der Waals surface area contributed by atoms with E-state index in [0.717, 1.165) is 12.8 Å². The summed E-state index contributed by atoms with van der Waals surface area (Å²) in [6.45, 7) is 8.06. The Balaban J connectivity index is 1.88. The molecule has 2 aliphatic rings. The zero-order valence-electron chi connectivity index (χ0n) is 16.5. The van der Waals surface area contributed by atoms with Crippen molar-refractivity contribution in [1.82, 2.24) is 5.32 Å². The maximum atomic E-state index is 11.6. The van der Waals surface area contributed by atoms with Crippen LogP contribution >= 0.6 is 0 Å². The van der Waals surface area contributed by atoms with Crippen molar-refractivity contribution in [2.45, 2.75) is 103 Å². The van der Waals surface area contributed by atoms with Crippen LogP contribution in [0.2, 0.25) is 0 Å². The molecule has 152 valence electrons. The molecule has 0 bridgehead atoms. The third kappa shape index (κ3) is 6.16. The van der Waals surface area contributed by atoms with E-state index in [0.29, 0.717) is 13.2 Å². The molecule has 5 atom stereocenters. The second-order valence-electron chi connectivity index (χ2n) is 7.69. The molecular weight excluding hydrogens is 338 g/mol. The van der Waals surface area contributed by atoms with Gasteiger partial charge in [0, 0.05) is 13.5 Å². The predicted octanol–water partition coefficient (Wildman–Crippen LogP) is 2.11. The van der Waals surface area contributed by atoms with Gasteiger partial charge in [0.1, 0.15) is 24.4 Å². The van der Waals surface area contributed by atoms with Crippen molar-refractivity contribution in [3.63, 3.8) is 0 Å². The number of hydrogen-bond donors (Lipinski definition) is 2. The van der Waals surface area contributed by atoms with Crippen LogP contribution in [0.1, 0.15) is 66.2 Å². The minimum Gasteiger partial charge on any atom is -0.388 e. The monoisotopic (exact) mass is 373 g/mol. The SMILES string of the molecule is CCCCCCCCO[C@@H]1O[C@@H]2COC(C)(C)O[C@@H]2[C@H](O)[C@H]1NC(C)=O. The van der Waals surface area contributed by atoms with E-state index in [9.17, 15) is 9.90 Å². The van der Waals surface area contributed by atoms with Crippen molar-refractivity contribution in [3.05, 3.63) is 0 Å². The number of hydrogen-bond acceptors (Lipinski definition) is 6. The van der Waals surface area contributed by atoms with Gasteiger partial charge in [-0.3, -0.25) is 4.79 Å². The Morgan fingerprint density at radius 1 is 1.23 bits per heavy atom. The summed E-state index contributed by atoms with van der Waals surface area (Å²) in [5.74, 6) is -1.03. The van der Waals surface area contributed by atoms with E-state index < -0.39 is 36.4 Å². The van der Waals surface area contributed by atoms with E-state index in [4.69, 9.17) is 18.9 Å². The fourth-order valence-corrected chi connectivity index (χ4v) is 3.46. The van der Waals surface area contributed by atoms with Crippen LogP contribution in [0.5, 0.6) is 0 Å². The van der Waals surface area contributed by atoms with Crippen LogP contribution < -0.4 is 5.32 Å². The van der Waals surface area contributed by atoms with E-state index in [1.807, 2.05) is 0 Å². The maximum Gasteiger partial charge on any atom is 0.217 e. The predicted molar refractivity (Wildman–Crippen MR) is 96.5 cm³/mol. The number of ether oxygens (including phenoxy) is 4. The van der Waals surface area contributed by atoms with Crippen LogP contribution in [0.15, 0.2) is 0 Å². The number of aliphatic hydroxyl groups excluding tert-OH is 1. The third-order valence-electron chi connectivity index (χ3n) is 4.84. The molecule has 2 heterocycles. The number of nitrogens with one attached hydrogen (secondary N) is 1. The molecule has 0 aliphatic carbocycles. The lowest BCUT2D eigenvalue weighted by molar-refractivity contribution is -0.368. The average Bonchev–Trinajstić information content (AvgIpc) is 2.57. The smallest absolute Gasteiger partial charge is 0.217 e. The van der Waals surface area contributed by atoms with Gasteiger partial charge in [-0.05, 0) is 20.3 Å². The molecule has 2 saturated heterocycles. The first-order valence-corrected chi connectivity index (χ1v) is 9.88. The van der Waals surface area contributed by atoms with E-state index in [1.54, 1.807) is 13.8 Å². The molecule has 0 unspecified atom stereocenters. The standard InChI is InChI=1S/C19H35NO6/c1-5-6-7-8-9-10-11-23-18-15(20-13(2)21)16(22)17-14(25-18)12-24-19(3,4)26-17/h14-18,22H,5-12H2,1-4H3,(H,20,21)/t14-,15-,16-,17+,18-/m1/s1. The van der Waals surface area contributed by atoms with Crippen molar-refractivity contribution < 1.29 is 28.8 Å². The molecule has 1 amide bonds. The number of aliphatic hydroxyl groups is 1. The molecule has 0 radical (unpaired) electrons. The largest absolute Gasteiger partial charge is 0.388 e. The number of rotatable bonds is 9. The van der Waals surface area contributed by atoms with Gasteiger partial charge < -0.3 is 29.4 Å². The van der Waals surface area contributed by atoms with Crippen molar-refractivity contribution in [2.24, 2.45) is 0 Å². The molecule has 0 aromatic heterocycles. The van der Waals surface area contributed by atoms with Crippen LogP contribution in [0.25, 0.3) is 0 Å². The fraction of sp³-hybridized carbons (Fsp3) is 0.947. The number of unbranched alkanes of at least 4 members (excludes halogenated alkanes) is 5. The van der Waals surface area contributed by atoms with Crippen LogP contribution in [0.4, 0.5) is 0 Å². The van der Waals surface area contributed by atoms with Crippen molar-refractivity contribution in [1.29, 1.82) is 0 Å². The van der Waals surface area contributed by atoms with Crippen LogP contribution in [-0.2, 0) is 23.7 Å². The van der Waals surface area contributed by atoms with Crippen LogP contribution in [0.3, 0.4) is 0 Å². The molecule has 7 nitrogen and oxygen atoms in total. The Morgan fingerprint density at radius 3 is 2.62 bits per heavy atom. The fourth-order valence-electron chi connectivity index (χ4n) is 3.46. The van der Waals surface area contributed by atoms with Crippen molar-refractivity contribution in [3.8, 4) is 0 Å². The average molecular weight is 373 g/mol. The van der Waals surface area contributed by atoms with Gasteiger partial charge in [-0.15, -0.1) is 0 Å². The van der Waals surface area contributed by atoms with Gasteiger partial charge in [-0.2, -0.15) is 0 Å². The Hall–Kier alpha value is -0.730. The highest BCUT2D eigenvalue weighted by atomic mass is 16.8. The first kappa shape index (κ1) is 21.6. The minimum absolute atomic E-state index is 0.240. The number of carbonyl (C=O) groups is 1. The quantitative estimate of drug-likeness (QED) is 0.602. The molecular formula is C19H35NO6.